The van der Waals surface area contributed by atoms with Gasteiger partial charge < -0.3 is 9.84 Å². The molecule has 0 aromatic heterocycles. The number of ether oxygens (including phenoxy) is 1. The van der Waals surface area contributed by atoms with Gasteiger partial charge in [-0.2, -0.15) is 0 Å². The Labute approximate surface area is 64.7 Å². The summed E-state index contributed by atoms with van der Waals surface area (Å²) in [6, 6.07) is 0. The standard InChI is InChI=1S/C5H10Cl2O2/c6-1-2-9-4-5(8)3-7/h5,8H,1-4H2. The molecule has 4 heteroatoms. The van der Waals surface area contributed by atoms with E-state index in [0.717, 1.165) is 0 Å². The van der Waals surface area contributed by atoms with Crippen molar-refractivity contribution in [2.75, 3.05) is 25.0 Å². The van der Waals surface area contributed by atoms with E-state index >= 15 is 0 Å². The normalized spacial score (nSPS) is 13.7. The molecule has 56 valence electrons. The third-order valence-corrected chi connectivity index (χ3v) is 1.22. The Morgan fingerprint density at radius 2 is 2.11 bits per heavy atom. The van der Waals surface area contributed by atoms with E-state index in [1.165, 1.54) is 0 Å². The van der Waals surface area contributed by atoms with Gasteiger partial charge in [-0.05, 0) is 0 Å². The average molecular weight is 173 g/mol. The third-order valence-electron chi connectivity index (χ3n) is 0.710. The van der Waals surface area contributed by atoms with Gasteiger partial charge >= 0.3 is 0 Å². The number of rotatable bonds is 5. The molecule has 1 atom stereocenters. The van der Waals surface area contributed by atoms with E-state index in [9.17, 15) is 0 Å². The third kappa shape index (κ3) is 6.38. The van der Waals surface area contributed by atoms with Gasteiger partial charge in [-0.15, -0.1) is 23.2 Å². The Hall–Kier alpha value is 0.500. The predicted molar refractivity (Wildman–Crippen MR) is 38.3 cm³/mol. The fourth-order valence-electron chi connectivity index (χ4n) is 0.318. The summed E-state index contributed by atoms with van der Waals surface area (Å²) < 4.78 is 4.87. The van der Waals surface area contributed by atoms with Crippen molar-refractivity contribution in [1.82, 2.24) is 0 Å². The summed E-state index contributed by atoms with van der Waals surface area (Å²) in [6.07, 6.45) is -0.560. The van der Waals surface area contributed by atoms with E-state index in [4.69, 9.17) is 33.0 Å². The van der Waals surface area contributed by atoms with Crippen LogP contribution < -0.4 is 0 Å². The van der Waals surface area contributed by atoms with Crippen LogP contribution in [0.4, 0.5) is 0 Å². The molecule has 0 aromatic carbocycles. The lowest BCUT2D eigenvalue weighted by Crippen LogP contribution is -2.17. The number of halogens is 2. The molecule has 0 aromatic rings. The maximum absolute atomic E-state index is 8.78. The van der Waals surface area contributed by atoms with Gasteiger partial charge in [0.05, 0.1) is 25.2 Å². The number of hydrogen-bond acceptors (Lipinski definition) is 2. The van der Waals surface area contributed by atoms with Crippen LogP contribution in [0.3, 0.4) is 0 Å². The molecule has 0 bridgehead atoms. The summed E-state index contributed by atoms with van der Waals surface area (Å²) in [5.41, 5.74) is 0. The molecule has 0 heterocycles. The monoisotopic (exact) mass is 172 g/mol. The summed E-state index contributed by atoms with van der Waals surface area (Å²) in [5, 5.41) is 8.78. The lowest BCUT2D eigenvalue weighted by atomic mass is 10.4. The maximum Gasteiger partial charge on any atom is 0.0908 e. The molecule has 0 saturated heterocycles. The van der Waals surface area contributed by atoms with Crippen LogP contribution in [0.15, 0.2) is 0 Å². The minimum atomic E-state index is -0.560. The summed E-state index contributed by atoms with van der Waals surface area (Å²) >= 11 is 10.6. The molecule has 0 spiro atoms. The lowest BCUT2D eigenvalue weighted by Gasteiger charge is -2.05. The van der Waals surface area contributed by atoms with Gasteiger partial charge in [0, 0.05) is 5.88 Å². The Balaban J connectivity index is 2.88. The first-order valence-electron chi connectivity index (χ1n) is 2.69. The van der Waals surface area contributed by atoms with E-state index < -0.39 is 6.10 Å². The molecule has 2 nitrogen and oxygen atoms in total. The summed E-state index contributed by atoms with van der Waals surface area (Å²) in [4.78, 5) is 0. The highest BCUT2D eigenvalue weighted by Crippen LogP contribution is 1.88. The largest absolute Gasteiger partial charge is 0.389 e. The molecule has 0 radical (unpaired) electrons. The number of hydrogen-bond donors (Lipinski definition) is 1. The summed E-state index contributed by atoms with van der Waals surface area (Å²) in [7, 11) is 0. The van der Waals surface area contributed by atoms with Crippen LogP contribution >= 0.6 is 23.2 Å². The van der Waals surface area contributed by atoms with Crippen molar-refractivity contribution in [3.05, 3.63) is 0 Å². The van der Waals surface area contributed by atoms with Crippen molar-refractivity contribution in [3.8, 4) is 0 Å². The van der Waals surface area contributed by atoms with Crippen molar-refractivity contribution < 1.29 is 9.84 Å². The molecular weight excluding hydrogens is 163 g/mol. The predicted octanol–water partition coefficient (Wildman–Crippen LogP) is 0.842. The Bertz CT molecular complexity index is 60.9. The van der Waals surface area contributed by atoms with Crippen LogP contribution in [0.2, 0.25) is 0 Å². The molecule has 1 unspecified atom stereocenters. The van der Waals surface area contributed by atoms with Gasteiger partial charge in [0.2, 0.25) is 0 Å². The molecule has 1 N–H and O–H groups in total. The Kier molecular flexibility index (Phi) is 6.99. The minimum absolute atomic E-state index is 0.211. The average Bonchev–Trinajstić information content (AvgIpc) is 1.89. The van der Waals surface area contributed by atoms with Crippen molar-refractivity contribution in [2.24, 2.45) is 0 Å². The van der Waals surface area contributed by atoms with E-state index in [2.05, 4.69) is 0 Å². The minimum Gasteiger partial charge on any atom is -0.389 e. The fraction of sp³-hybridized carbons (Fsp3) is 1.00. The van der Waals surface area contributed by atoms with Gasteiger partial charge in [-0.3, -0.25) is 0 Å². The first kappa shape index (κ1) is 9.50. The Morgan fingerprint density at radius 1 is 1.44 bits per heavy atom. The van der Waals surface area contributed by atoms with Gasteiger partial charge in [-0.25, -0.2) is 0 Å². The highest BCUT2D eigenvalue weighted by atomic mass is 35.5. The van der Waals surface area contributed by atoms with Crippen LogP contribution in [0.25, 0.3) is 0 Å². The van der Waals surface area contributed by atoms with Crippen LogP contribution in [-0.2, 0) is 4.74 Å². The lowest BCUT2D eigenvalue weighted by molar-refractivity contribution is 0.0553. The van der Waals surface area contributed by atoms with Crippen molar-refractivity contribution >= 4 is 23.2 Å². The van der Waals surface area contributed by atoms with E-state index in [0.29, 0.717) is 12.5 Å². The molecule has 9 heavy (non-hydrogen) atoms. The summed E-state index contributed by atoms with van der Waals surface area (Å²) in [5.74, 6) is 0.664. The quantitative estimate of drug-likeness (QED) is 0.493. The zero-order valence-electron chi connectivity index (χ0n) is 5.02. The van der Waals surface area contributed by atoms with Crippen molar-refractivity contribution in [1.29, 1.82) is 0 Å². The number of aliphatic hydroxyl groups excluding tert-OH is 1. The second-order valence-corrected chi connectivity index (χ2v) is 2.26. The molecule has 0 saturated carbocycles. The molecule has 0 aliphatic carbocycles. The zero-order valence-corrected chi connectivity index (χ0v) is 6.53. The highest BCUT2D eigenvalue weighted by molar-refractivity contribution is 6.18. The summed E-state index contributed by atoms with van der Waals surface area (Å²) in [6.45, 7) is 0.742. The van der Waals surface area contributed by atoms with Crippen LogP contribution in [0.1, 0.15) is 0 Å². The van der Waals surface area contributed by atoms with Gasteiger partial charge in [-0.1, -0.05) is 0 Å². The SMILES string of the molecule is OC(CCl)COCCCl. The van der Waals surface area contributed by atoms with E-state index in [-0.39, 0.29) is 12.5 Å². The molecule has 0 fully saturated rings. The molecule has 0 rings (SSSR count). The molecule has 0 aliphatic rings. The van der Waals surface area contributed by atoms with Crippen molar-refractivity contribution in [2.45, 2.75) is 6.10 Å². The second-order valence-electron chi connectivity index (χ2n) is 1.57. The number of aliphatic hydroxyl groups is 1. The van der Waals surface area contributed by atoms with Crippen LogP contribution in [-0.4, -0.2) is 36.2 Å². The molecular formula is C5H10Cl2O2. The topological polar surface area (TPSA) is 29.5 Å². The van der Waals surface area contributed by atoms with Gasteiger partial charge in [0.25, 0.3) is 0 Å². The first-order chi connectivity index (χ1) is 4.31. The molecule has 0 amide bonds. The Morgan fingerprint density at radius 3 is 2.56 bits per heavy atom. The fourth-order valence-corrected chi connectivity index (χ4v) is 0.517. The smallest absolute Gasteiger partial charge is 0.0908 e. The molecule has 0 aliphatic heterocycles. The maximum atomic E-state index is 8.78. The van der Waals surface area contributed by atoms with E-state index in [1.54, 1.807) is 0 Å². The van der Waals surface area contributed by atoms with E-state index in [1.807, 2.05) is 0 Å². The van der Waals surface area contributed by atoms with Crippen molar-refractivity contribution in [3.63, 3.8) is 0 Å². The van der Waals surface area contributed by atoms with Crippen LogP contribution in [0, 0.1) is 0 Å². The zero-order chi connectivity index (χ0) is 7.11. The second kappa shape index (κ2) is 6.62. The first-order valence-corrected chi connectivity index (χ1v) is 3.76. The van der Waals surface area contributed by atoms with Gasteiger partial charge in [0.15, 0.2) is 0 Å². The van der Waals surface area contributed by atoms with Crippen LogP contribution in [0.5, 0.6) is 0 Å². The van der Waals surface area contributed by atoms with Gasteiger partial charge in [0.1, 0.15) is 0 Å². The highest BCUT2D eigenvalue weighted by Gasteiger charge is 1.99. The number of alkyl halides is 2.